The summed E-state index contributed by atoms with van der Waals surface area (Å²) in [5.74, 6) is -0.585. The van der Waals surface area contributed by atoms with Gasteiger partial charge in [0.1, 0.15) is 6.61 Å². The smallest absolute Gasteiger partial charge is 0.306 e. The molecule has 1 atom stereocenters. The van der Waals surface area contributed by atoms with Crippen LogP contribution in [-0.4, -0.2) is 36.4 Å². The molecule has 0 amide bonds. The fraction of sp³-hybridized carbons (Fsp3) is 0.806. The van der Waals surface area contributed by atoms with Gasteiger partial charge >= 0.3 is 11.9 Å². The molecular weight excluding hydrogens is 825 g/mol. The molecule has 0 heterocycles. The zero-order chi connectivity index (χ0) is 48.5. The van der Waals surface area contributed by atoms with Gasteiger partial charge in [0.05, 0.1) is 6.61 Å². The Kier molecular flexibility index (Phi) is 55.8. The summed E-state index contributed by atoms with van der Waals surface area (Å²) in [6.45, 7) is 4.06. The second-order valence-corrected chi connectivity index (χ2v) is 19.7. The number of esters is 2. The van der Waals surface area contributed by atoms with Crippen molar-refractivity contribution < 1.29 is 24.2 Å². The number of aliphatic hydroxyl groups is 1. The Morgan fingerprint density at radius 3 is 0.970 bits per heavy atom. The molecule has 0 aromatic carbocycles. The van der Waals surface area contributed by atoms with Gasteiger partial charge in [0.2, 0.25) is 0 Å². The molecule has 0 aliphatic carbocycles. The highest BCUT2D eigenvalue weighted by molar-refractivity contribution is 5.70. The molecule has 67 heavy (non-hydrogen) atoms. The molecule has 0 spiro atoms. The minimum absolute atomic E-state index is 0.0665. The summed E-state index contributed by atoms with van der Waals surface area (Å²) in [5.41, 5.74) is 0. The van der Waals surface area contributed by atoms with E-state index in [0.717, 1.165) is 70.6 Å². The van der Waals surface area contributed by atoms with E-state index in [1.807, 2.05) is 0 Å². The Morgan fingerprint density at radius 2 is 0.642 bits per heavy atom. The van der Waals surface area contributed by atoms with E-state index in [4.69, 9.17) is 9.47 Å². The minimum atomic E-state index is -0.777. The van der Waals surface area contributed by atoms with Crippen molar-refractivity contribution in [1.82, 2.24) is 0 Å². The van der Waals surface area contributed by atoms with Crippen LogP contribution >= 0.6 is 0 Å². The molecule has 0 aliphatic heterocycles. The largest absolute Gasteiger partial charge is 0.462 e. The van der Waals surface area contributed by atoms with Crippen LogP contribution in [0.2, 0.25) is 0 Å². The highest BCUT2D eigenvalue weighted by atomic mass is 16.6. The standard InChI is InChI=1S/C62H112O5/c1-3-5-7-9-11-13-15-17-19-21-23-25-27-29-30-31-33-34-36-38-40-42-44-46-48-50-52-54-56-61(64)66-59-60(58-63)67-62(65)57-55-53-51-49-47-45-43-41-39-37-35-32-28-26-24-22-20-18-16-14-12-10-8-6-4-2/h6,8,12,14,18,20,24,26,32,35,60,63H,3-5,7,9-11,13,15-17,19,21-23,25,27-31,33-34,36-59H2,1-2H3/b8-6-,14-12-,20-18-,26-24-,35-32-. The topological polar surface area (TPSA) is 72.8 Å². The predicted molar refractivity (Wildman–Crippen MR) is 293 cm³/mol. The molecule has 1 N–H and O–H groups in total. The lowest BCUT2D eigenvalue weighted by Gasteiger charge is -2.15. The minimum Gasteiger partial charge on any atom is -0.462 e. The van der Waals surface area contributed by atoms with Crippen LogP contribution in [0.5, 0.6) is 0 Å². The van der Waals surface area contributed by atoms with Gasteiger partial charge in [0.25, 0.3) is 0 Å². The number of hydrogen-bond donors (Lipinski definition) is 1. The molecule has 0 rings (SSSR count). The molecule has 390 valence electrons. The number of carbonyl (C=O) groups is 2. The molecule has 0 radical (unpaired) electrons. The third-order valence-corrected chi connectivity index (χ3v) is 13.1. The highest BCUT2D eigenvalue weighted by Crippen LogP contribution is 2.17. The maximum absolute atomic E-state index is 12.3. The first-order valence-corrected chi connectivity index (χ1v) is 29.3. The van der Waals surface area contributed by atoms with Crippen molar-refractivity contribution in [1.29, 1.82) is 0 Å². The lowest BCUT2D eigenvalue weighted by molar-refractivity contribution is -0.161. The average molecular weight is 938 g/mol. The lowest BCUT2D eigenvalue weighted by atomic mass is 10.0. The van der Waals surface area contributed by atoms with Gasteiger partial charge in [0.15, 0.2) is 6.10 Å². The zero-order valence-electron chi connectivity index (χ0n) is 44.7. The van der Waals surface area contributed by atoms with E-state index in [2.05, 4.69) is 74.6 Å². The van der Waals surface area contributed by atoms with Crippen LogP contribution in [0.1, 0.15) is 303 Å². The van der Waals surface area contributed by atoms with Crippen LogP contribution in [-0.2, 0) is 19.1 Å². The normalized spacial score (nSPS) is 12.6. The molecule has 5 nitrogen and oxygen atoms in total. The number of ether oxygens (including phenoxy) is 2. The van der Waals surface area contributed by atoms with Crippen molar-refractivity contribution in [3.05, 3.63) is 60.8 Å². The first kappa shape index (κ1) is 64.6. The van der Waals surface area contributed by atoms with E-state index < -0.39 is 6.10 Å². The van der Waals surface area contributed by atoms with Crippen LogP contribution in [0.25, 0.3) is 0 Å². The summed E-state index contributed by atoms with van der Waals surface area (Å²) in [4.78, 5) is 24.5. The Bertz CT molecular complexity index is 1150. The van der Waals surface area contributed by atoms with Crippen molar-refractivity contribution in [2.24, 2.45) is 0 Å². The van der Waals surface area contributed by atoms with E-state index >= 15 is 0 Å². The molecule has 0 fully saturated rings. The van der Waals surface area contributed by atoms with E-state index in [1.165, 1.54) is 205 Å². The maximum atomic E-state index is 12.3. The summed E-state index contributed by atoms with van der Waals surface area (Å²) in [6, 6.07) is 0. The van der Waals surface area contributed by atoms with E-state index in [1.54, 1.807) is 0 Å². The van der Waals surface area contributed by atoms with Gasteiger partial charge in [-0.15, -0.1) is 0 Å². The molecular formula is C62H112O5. The van der Waals surface area contributed by atoms with Crippen LogP contribution in [0, 0.1) is 0 Å². The first-order valence-electron chi connectivity index (χ1n) is 29.3. The summed E-state index contributed by atoms with van der Waals surface area (Å²) in [5, 5.41) is 9.66. The number of rotatable bonds is 54. The summed E-state index contributed by atoms with van der Waals surface area (Å²) < 4.78 is 10.7. The van der Waals surface area contributed by atoms with Crippen LogP contribution < -0.4 is 0 Å². The summed E-state index contributed by atoms with van der Waals surface area (Å²) in [6.07, 6.45) is 77.8. The second kappa shape index (κ2) is 57.9. The quantitative estimate of drug-likeness (QED) is 0.0374. The Morgan fingerprint density at radius 1 is 0.358 bits per heavy atom. The third-order valence-electron chi connectivity index (χ3n) is 13.1. The SMILES string of the molecule is CC/C=C\C/C=C\C/C=C\C/C=C\C/C=C\CCCCCCCCCCCC(=O)OC(CO)COC(=O)CCCCCCCCCCCCCCCCCCCCCCCCCCCCCC. The molecule has 0 aliphatic rings. The number of unbranched alkanes of at least 4 members (excludes halogenated alkanes) is 36. The molecule has 0 saturated heterocycles. The second-order valence-electron chi connectivity index (χ2n) is 19.7. The van der Waals surface area contributed by atoms with Gasteiger partial charge in [0, 0.05) is 12.8 Å². The van der Waals surface area contributed by atoms with E-state index in [0.29, 0.717) is 12.8 Å². The molecule has 0 bridgehead atoms. The predicted octanol–water partition coefficient (Wildman–Crippen LogP) is 19.8. The molecule has 5 heteroatoms. The van der Waals surface area contributed by atoms with Crippen molar-refractivity contribution in [2.45, 2.75) is 309 Å². The number of hydrogen-bond acceptors (Lipinski definition) is 5. The van der Waals surface area contributed by atoms with Crippen molar-refractivity contribution in [3.8, 4) is 0 Å². The van der Waals surface area contributed by atoms with Gasteiger partial charge < -0.3 is 14.6 Å². The van der Waals surface area contributed by atoms with Crippen LogP contribution in [0.15, 0.2) is 60.8 Å². The van der Waals surface area contributed by atoms with Crippen molar-refractivity contribution in [3.63, 3.8) is 0 Å². The molecule has 1 unspecified atom stereocenters. The zero-order valence-corrected chi connectivity index (χ0v) is 44.7. The van der Waals surface area contributed by atoms with Gasteiger partial charge in [-0.25, -0.2) is 0 Å². The number of allylic oxidation sites excluding steroid dienone is 10. The van der Waals surface area contributed by atoms with Gasteiger partial charge in [-0.05, 0) is 57.8 Å². The van der Waals surface area contributed by atoms with Crippen LogP contribution in [0.4, 0.5) is 0 Å². The van der Waals surface area contributed by atoms with Gasteiger partial charge in [-0.2, -0.15) is 0 Å². The van der Waals surface area contributed by atoms with E-state index in [-0.39, 0.29) is 25.2 Å². The lowest BCUT2D eigenvalue weighted by Crippen LogP contribution is -2.28. The highest BCUT2D eigenvalue weighted by Gasteiger charge is 2.16. The summed E-state index contributed by atoms with van der Waals surface area (Å²) in [7, 11) is 0. The molecule has 0 saturated carbocycles. The monoisotopic (exact) mass is 937 g/mol. The number of aliphatic hydroxyl groups excluding tert-OH is 1. The maximum Gasteiger partial charge on any atom is 0.306 e. The molecule has 0 aromatic rings. The summed E-state index contributed by atoms with van der Waals surface area (Å²) >= 11 is 0. The fourth-order valence-corrected chi connectivity index (χ4v) is 8.70. The Balaban J connectivity index is 3.46. The molecule has 0 aromatic heterocycles. The fourth-order valence-electron chi connectivity index (χ4n) is 8.70. The Labute approximate surface area is 417 Å². The number of carbonyl (C=O) groups excluding carboxylic acids is 2. The Hall–Kier alpha value is -2.40. The van der Waals surface area contributed by atoms with Crippen molar-refractivity contribution in [2.75, 3.05) is 13.2 Å². The van der Waals surface area contributed by atoms with Crippen LogP contribution in [0.3, 0.4) is 0 Å². The third kappa shape index (κ3) is 56.1. The van der Waals surface area contributed by atoms with E-state index in [9.17, 15) is 14.7 Å². The van der Waals surface area contributed by atoms with Crippen molar-refractivity contribution >= 4 is 11.9 Å². The first-order chi connectivity index (χ1) is 33.1. The average Bonchev–Trinajstić information content (AvgIpc) is 3.33. The van der Waals surface area contributed by atoms with Gasteiger partial charge in [-0.3, -0.25) is 9.59 Å². The van der Waals surface area contributed by atoms with Gasteiger partial charge in [-0.1, -0.05) is 293 Å².